The number of aliphatic hydroxyl groups is 1. The van der Waals surface area contributed by atoms with Gasteiger partial charge in [-0.3, -0.25) is 0 Å². The van der Waals surface area contributed by atoms with Gasteiger partial charge >= 0.3 is 0 Å². The molecule has 0 aliphatic heterocycles. The molecule has 122 valence electrons. The predicted molar refractivity (Wildman–Crippen MR) is 85.2 cm³/mol. The van der Waals surface area contributed by atoms with Crippen molar-refractivity contribution in [2.24, 2.45) is 17.8 Å². The van der Waals surface area contributed by atoms with Gasteiger partial charge in [-0.05, 0) is 56.3 Å². The van der Waals surface area contributed by atoms with Crippen molar-refractivity contribution in [1.82, 2.24) is 5.32 Å². The Labute approximate surface area is 129 Å². The first-order valence-electron chi connectivity index (χ1n) is 9.31. The summed E-state index contributed by atoms with van der Waals surface area (Å²) in [6.45, 7) is 3.48. The highest BCUT2D eigenvalue weighted by Gasteiger charge is 2.41. The molecule has 3 fully saturated rings. The summed E-state index contributed by atoms with van der Waals surface area (Å²) in [5.41, 5.74) is 0. The molecular weight excluding hydrogens is 262 g/mol. The Morgan fingerprint density at radius 3 is 2.33 bits per heavy atom. The predicted octanol–water partition coefficient (Wildman–Crippen LogP) is 3.11. The molecule has 3 aliphatic rings. The van der Waals surface area contributed by atoms with E-state index in [1.54, 1.807) is 0 Å². The second-order valence-corrected chi connectivity index (χ2v) is 7.59. The molecule has 0 aromatic rings. The zero-order valence-corrected chi connectivity index (χ0v) is 13.6. The van der Waals surface area contributed by atoms with Crippen LogP contribution in [0.4, 0.5) is 0 Å². The molecule has 0 radical (unpaired) electrons. The summed E-state index contributed by atoms with van der Waals surface area (Å²) in [5, 5.41) is 13.8. The van der Waals surface area contributed by atoms with Crippen LogP contribution in [0.15, 0.2) is 0 Å². The number of ether oxygens (including phenoxy) is 1. The monoisotopic (exact) mass is 295 g/mol. The molecule has 3 nitrogen and oxygen atoms in total. The van der Waals surface area contributed by atoms with Crippen molar-refractivity contribution in [2.45, 2.75) is 83.0 Å². The van der Waals surface area contributed by atoms with Crippen LogP contribution in [0.25, 0.3) is 0 Å². The summed E-state index contributed by atoms with van der Waals surface area (Å²) in [7, 11) is 0. The van der Waals surface area contributed by atoms with E-state index < -0.39 is 0 Å². The molecule has 0 heterocycles. The van der Waals surface area contributed by atoms with Crippen molar-refractivity contribution in [3.05, 3.63) is 0 Å². The molecule has 0 amide bonds. The van der Waals surface area contributed by atoms with Gasteiger partial charge in [0.1, 0.15) is 0 Å². The van der Waals surface area contributed by atoms with Crippen LogP contribution in [0.1, 0.15) is 64.7 Å². The number of hydrogen-bond acceptors (Lipinski definition) is 3. The lowest BCUT2D eigenvalue weighted by atomic mass is 9.85. The van der Waals surface area contributed by atoms with Gasteiger partial charge in [0.15, 0.2) is 0 Å². The maximum Gasteiger partial charge on any atom is 0.0897 e. The van der Waals surface area contributed by atoms with Crippen LogP contribution in [0, 0.1) is 17.8 Å². The molecule has 2 N–H and O–H groups in total. The van der Waals surface area contributed by atoms with Crippen LogP contribution in [0.3, 0.4) is 0 Å². The normalized spacial score (nSPS) is 31.6. The van der Waals surface area contributed by atoms with Gasteiger partial charge in [0.05, 0.1) is 18.8 Å². The minimum absolute atomic E-state index is 0.343. The molecule has 0 saturated heterocycles. The highest BCUT2D eigenvalue weighted by atomic mass is 16.5. The fourth-order valence-electron chi connectivity index (χ4n) is 4.05. The molecule has 0 aromatic carbocycles. The molecule has 3 saturated carbocycles. The van der Waals surface area contributed by atoms with Gasteiger partial charge in [-0.25, -0.2) is 0 Å². The number of hydrogen-bond donors (Lipinski definition) is 2. The Morgan fingerprint density at radius 1 is 1.05 bits per heavy atom. The molecular formula is C18H33NO2. The maximum absolute atomic E-state index is 10.2. The minimum atomic E-state index is -0.343. The number of nitrogens with one attached hydrogen (secondary N) is 1. The Bertz CT molecular complexity index is 302. The molecule has 3 unspecified atom stereocenters. The molecule has 3 heteroatoms. The first kappa shape index (κ1) is 15.8. The van der Waals surface area contributed by atoms with Gasteiger partial charge in [0.25, 0.3) is 0 Å². The van der Waals surface area contributed by atoms with Gasteiger partial charge in [-0.15, -0.1) is 0 Å². The van der Waals surface area contributed by atoms with Crippen molar-refractivity contribution in [1.29, 1.82) is 0 Å². The highest BCUT2D eigenvalue weighted by Crippen LogP contribution is 2.44. The van der Waals surface area contributed by atoms with E-state index in [0.717, 1.165) is 11.8 Å². The second-order valence-electron chi connectivity index (χ2n) is 7.59. The largest absolute Gasteiger partial charge is 0.389 e. The third-order valence-electron chi connectivity index (χ3n) is 5.72. The molecule has 0 spiro atoms. The molecule has 0 aromatic heterocycles. The van der Waals surface area contributed by atoms with E-state index in [2.05, 4.69) is 12.2 Å². The zero-order chi connectivity index (χ0) is 14.7. The summed E-state index contributed by atoms with van der Waals surface area (Å²) in [5.74, 6) is 2.51. The van der Waals surface area contributed by atoms with Crippen molar-refractivity contribution in [2.75, 3.05) is 13.2 Å². The Morgan fingerprint density at radius 2 is 1.71 bits per heavy atom. The lowest BCUT2D eigenvalue weighted by Gasteiger charge is -2.31. The Hall–Kier alpha value is -0.120. The topological polar surface area (TPSA) is 41.5 Å². The van der Waals surface area contributed by atoms with Gasteiger partial charge in [-0.2, -0.15) is 0 Å². The molecule has 0 bridgehead atoms. The fourth-order valence-corrected chi connectivity index (χ4v) is 4.05. The molecule has 3 aliphatic carbocycles. The average molecular weight is 295 g/mol. The van der Waals surface area contributed by atoms with E-state index in [-0.39, 0.29) is 6.10 Å². The van der Waals surface area contributed by atoms with Crippen LogP contribution in [0.2, 0.25) is 0 Å². The average Bonchev–Trinajstić information content (AvgIpc) is 3.38. The van der Waals surface area contributed by atoms with Crippen LogP contribution < -0.4 is 5.32 Å². The maximum atomic E-state index is 10.2. The third-order valence-corrected chi connectivity index (χ3v) is 5.72. The zero-order valence-electron chi connectivity index (χ0n) is 13.6. The summed E-state index contributed by atoms with van der Waals surface area (Å²) < 4.78 is 6.04. The van der Waals surface area contributed by atoms with Crippen molar-refractivity contribution in [3.63, 3.8) is 0 Å². The lowest BCUT2D eigenvalue weighted by molar-refractivity contribution is -0.0505. The van der Waals surface area contributed by atoms with Crippen molar-refractivity contribution in [3.8, 4) is 0 Å². The van der Waals surface area contributed by atoms with Crippen LogP contribution in [0.5, 0.6) is 0 Å². The lowest BCUT2D eigenvalue weighted by Crippen LogP contribution is -2.41. The van der Waals surface area contributed by atoms with Gasteiger partial charge < -0.3 is 15.2 Å². The van der Waals surface area contributed by atoms with Crippen LogP contribution in [-0.4, -0.2) is 36.5 Å². The first-order valence-corrected chi connectivity index (χ1v) is 9.31. The first-order chi connectivity index (χ1) is 10.3. The smallest absolute Gasteiger partial charge is 0.0897 e. The highest BCUT2D eigenvalue weighted by molar-refractivity contribution is 4.96. The fraction of sp³-hybridized carbons (Fsp3) is 1.00. The summed E-state index contributed by atoms with van der Waals surface area (Å²) in [6, 6.07) is 0.678. The summed E-state index contributed by atoms with van der Waals surface area (Å²) in [6.07, 6.45) is 12.0. The van der Waals surface area contributed by atoms with E-state index in [4.69, 9.17) is 4.74 Å². The van der Waals surface area contributed by atoms with E-state index in [1.807, 2.05) is 0 Å². The van der Waals surface area contributed by atoms with Gasteiger partial charge in [0, 0.05) is 12.6 Å². The quantitative estimate of drug-likeness (QED) is 0.687. The van der Waals surface area contributed by atoms with E-state index in [1.165, 1.54) is 57.8 Å². The van der Waals surface area contributed by atoms with Crippen molar-refractivity contribution < 1.29 is 9.84 Å². The summed E-state index contributed by atoms with van der Waals surface area (Å²) in [4.78, 5) is 0. The van der Waals surface area contributed by atoms with Gasteiger partial charge in [-0.1, -0.05) is 26.2 Å². The molecule has 3 rings (SSSR count). The van der Waals surface area contributed by atoms with E-state index >= 15 is 0 Å². The molecule has 3 atom stereocenters. The third kappa shape index (κ3) is 4.67. The SMILES string of the molecule is CCC1CCCCC1OCC(O)CNC(C1CC1)C1CC1. The summed E-state index contributed by atoms with van der Waals surface area (Å²) >= 11 is 0. The Kier molecular flexibility index (Phi) is 5.58. The van der Waals surface area contributed by atoms with Crippen LogP contribution in [-0.2, 0) is 4.74 Å². The second kappa shape index (κ2) is 7.43. The minimum Gasteiger partial charge on any atom is -0.389 e. The van der Waals surface area contributed by atoms with Crippen molar-refractivity contribution >= 4 is 0 Å². The Balaban J connectivity index is 1.34. The number of rotatable bonds is 9. The number of aliphatic hydroxyl groups excluding tert-OH is 1. The van der Waals surface area contributed by atoms with E-state index in [9.17, 15) is 5.11 Å². The van der Waals surface area contributed by atoms with Gasteiger partial charge in [0.2, 0.25) is 0 Å². The molecule has 21 heavy (non-hydrogen) atoms. The van der Waals surface area contributed by atoms with E-state index in [0.29, 0.717) is 31.2 Å². The van der Waals surface area contributed by atoms with Crippen LogP contribution >= 0.6 is 0 Å². The standard InChI is InChI=1S/C18H33NO2/c1-2-13-5-3-4-6-17(13)21-12-16(20)11-19-18(14-7-8-14)15-9-10-15/h13-20H,2-12H2,1H3.